The van der Waals surface area contributed by atoms with Crippen LogP contribution in [-0.2, 0) is 6.42 Å². The van der Waals surface area contributed by atoms with Crippen LogP contribution in [0.4, 0.5) is 10.3 Å². The Labute approximate surface area is 123 Å². The van der Waals surface area contributed by atoms with Crippen LogP contribution in [0, 0.1) is 17.2 Å². The van der Waals surface area contributed by atoms with E-state index in [0.717, 1.165) is 23.4 Å². The highest BCUT2D eigenvalue weighted by Crippen LogP contribution is 2.62. The van der Waals surface area contributed by atoms with E-state index in [1.807, 2.05) is 0 Å². The summed E-state index contributed by atoms with van der Waals surface area (Å²) in [4.78, 5) is 8.96. The molecule has 2 atom stereocenters. The van der Waals surface area contributed by atoms with Crippen LogP contribution in [0.2, 0.25) is 0 Å². The average molecular weight is 283 g/mol. The molecule has 4 heteroatoms. The predicted molar refractivity (Wildman–Crippen MR) is 80.2 cm³/mol. The van der Waals surface area contributed by atoms with Gasteiger partial charge in [-0.1, -0.05) is 13.8 Å². The second-order valence-corrected chi connectivity index (χ2v) is 6.81. The van der Waals surface area contributed by atoms with Gasteiger partial charge < -0.3 is 5.73 Å². The summed E-state index contributed by atoms with van der Waals surface area (Å²) in [5.74, 6) is 1.23. The van der Waals surface area contributed by atoms with Gasteiger partial charge in [-0.3, -0.25) is 0 Å². The Balaban J connectivity index is 1.89. The number of hydrogen-bond acceptors (Lipinski definition) is 3. The van der Waals surface area contributed by atoms with E-state index in [9.17, 15) is 4.39 Å². The van der Waals surface area contributed by atoms with Gasteiger partial charge >= 0.3 is 0 Å². The standard InChI is InChI=1S/C17H18FN3/c1-17(2)10-7-12-14(9-3-5-11(18)6-4-9)20-16(19)21-15(12)13(17)8-10/h3-6,10,13H,7-8H2,1-2H3,(H2,19,20,21). The van der Waals surface area contributed by atoms with E-state index in [4.69, 9.17) is 5.73 Å². The lowest BCUT2D eigenvalue weighted by Crippen LogP contribution is -2.48. The molecule has 1 heterocycles. The number of anilines is 1. The first-order chi connectivity index (χ1) is 9.96. The molecule has 21 heavy (non-hydrogen) atoms. The van der Waals surface area contributed by atoms with E-state index in [1.54, 1.807) is 12.1 Å². The van der Waals surface area contributed by atoms with Gasteiger partial charge in [0.05, 0.1) is 11.4 Å². The third kappa shape index (κ3) is 1.71. The van der Waals surface area contributed by atoms with Gasteiger partial charge in [0.1, 0.15) is 5.82 Å². The molecule has 3 nitrogen and oxygen atoms in total. The molecule has 2 N–H and O–H groups in total. The molecule has 0 aliphatic heterocycles. The van der Waals surface area contributed by atoms with E-state index < -0.39 is 0 Å². The van der Waals surface area contributed by atoms with E-state index in [2.05, 4.69) is 23.8 Å². The fourth-order valence-corrected chi connectivity index (χ4v) is 3.93. The highest BCUT2D eigenvalue weighted by atomic mass is 19.1. The van der Waals surface area contributed by atoms with Crippen molar-refractivity contribution < 1.29 is 4.39 Å². The molecule has 1 saturated carbocycles. The molecule has 1 fully saturated rings. The third-order valence-electron chi connectivity index (χ3n) is 5.43. The lowest BCUT2D eigenvalue weighted by Gasteiger charge is -2.56. The number of aromatic nitrogens is 2. The van der Waals surface area contributed by atoms with Crippen molar-refractivity contribution in [2.24, 2.45) is 11.3 Å². The first kappa shape index (κ1) is 12.7. The van der Waals surface area contributed by atoms with E-state index in [1.165, 1.54) is 24.1 Å². The zero-order chi connectivity index (χ0) is 14.8. The van der Waals surface area contributed by atoms with Gasteiger partial charge in [0.15, 0.2) is 0 Å². The molecule has 0 saturated heterocycles. The van der Waals surface area contributed by atoms with Crippen LogP contribution in [0.3, 0.4) is 0 Å². The lowest BCUT2D eigenvalue weighted by atomic mass is 9.48. The van der Waals surface area contributed by atoms with Crippen LogP contribution in [0.15, 0.2) is 24.3 Å². The second kappa shape index (κ2) is 4.03. The Bertz CT molecular complexity index is 722. The minimum Gasteiger partial charge on any atom is -0.368 e. The summed E-state index contributed by atoms with van der Waals surface area (Å²) in [6.07, 6.45) is 2.19. The topological polar surface area (TPSA) is 51.8 Å². The van der Waals surface area contributed by atoms with E-state index >= 15 is 0 Å². The third-order valence-corrected chi connectivity index (χ3v) is 5.43. The number of nitrogens with two attached hydrogens (primary N) is 1. The Kier molecular flexibility index (Phi) is 2.44. The molecule has 0 radical (unpaired) electrons. The average Bonchev–Trinajstić information content (AvgIpc) is 2.46. The van der Waals surface area contributed by atoms with Crippen molar-refractivity contribution in [2.75, 3.05) is 5.73 Å². The fraction of sp³-hybridized carbons (Fsp3) is 0.412. The number of nitrogen functional groups attached to an aromatic ring is 1. The molecule has 5 rings (SSSR count). The summed E-state index contributed by atoms with van der Waals surface area (Å²) in [6, 6.07) is 6.46. The molecule has 3 aliphatic rings. The van der Waals surface area contributed by atoms with Crippen LogP contribution in [0.25, 0.3) is 11.3 Å². The van der Waals surface area contributed by atoms with Crippen molar-refractivity contribution in [3.05, 3.63) is 41.3 Å². The maximum atomic E-state index is 13.1. The Morgan fingerprint density at radius 1 is 1.19 bits per heavy atom. The molecule has 1 aromatic carbocycles. The van der Waals surface area contributed by atoms with Gasteiger partial charge in [-0.25, -0.2) is 14.4 Å². The SMILES string of the molecule is CC1(C)C2Cc3c(-c4ccc(F)cc4)nc(N)nc3C1C2. The maximum Gasteiger partial charge on any atom is 0.220 e. The van der Waals surface area contributed by atoms with Crippen molar-refractivity contribution in [3.8, 4) is 11.3 Å². The fourth-order valence-electron chi connectivity index (χ4n) is 3.93. The predicted octanol–water partition coefficient (Wildman–Crippen LogP) is 3.55. The van der Waals surface area contributed by atoms with E-state index in [0.29, 0.717) is 23.2 Å². The molecule has 0 amide bonds. The largest absolute Gasteiger partial charge is 0.368 e. The van der Waals surface area contributed by atoms with Crippen molar-refractivity contribution >= 4 is 5.95 Å². The van der Waals surface area contributed by atoms with Crippen LogP contribution in [-0.4, -0.2) is 9.97 Å². The number of benzene rings is 1. The molecule has 108 valence electrons. The number of hydrogen-bond donors (Lipinski definition) is 1. The summed E-state index contributed by atoms with van der Waals surface area (Å²) in [6.45, 7) is 4.62. The van der Waals surface area contributed by atoms with Gasteiger partial charge in [0.25, 0.3) is 0 Å². The summed E-state index contributed by atoms with van der Waals surface area (Å²) in [5, 5.41) is 0. The van der Waals surface area contributed by atoms with Crippen LogP contribution < -0.4 is 5.73 Å². The molecular formula is C17H18FN3. The molecule has 3 aliphatic carbocycles. The Hall–Kier alpha value is -1.97. The molecule has 2 bridgehead atoms. The summed E-state index contributed by atoms with van der Waals surface area (Å²) < 4.78 is 13.1. The van der Waals surface area contributed by atoms with E-state index in [-0.39, 0.29) is 5.82 Å². The minimum atomic E-state index is -0.237. The van der Waals surface area contributed by atoms with Gasteiger partial charge in [0.2, 0.25) is 5.95 Å². The highest BCUT2D eigenvalue weighted by Gasteiger charge is 2.54. The van der Waals surface area contributed by atoms with Crippen molar-refractivity contribution in [1.29, 1.82) is 0 Å². The first-order valence-corrected chi connectivity index (χ1v) is 7.39. The smallest absolute Gasteiger partial charge is 0.220 e. The second-order valence-electron chi connectivity index (χ2n) is 6.81. The molecular weight excluding hydrogens is 265 g/mol. The summed E-state index contributed by atoms with van der Waals surface area (Å²) in [7, 11) is 0. The van der Waals surface area contributed by atoms with Crippen LogP contribution >= 0.6 is 0 Å². The molecule has 2 unspecified atom stereocenters. The normalized spacial score (nSPS) is 25.1. The number of halogens is 1. The maximum absolute atomic E-state index is 13.1. The molecule has 1 aromatic heterocycles. The van der Waals surface area contributed by atoms with Crippen molar-refractivity contribution in [3.63, 3.8) is 0 Å². The van der Waals surface area contributed by atoms with Gasteiger partial charge in [-0.05, 0) is 48.4 Å². The Morgan fingerprint density at radius 3 is 2.57 bits per heavy atom. The summed E-state index contributed by atoms with van der Waals surface area (Å²) >= 11 is 0. The molecule has 0 spiro atoms. The highest BCUT2D eigenvalue weighted by molar-refractivity contribution is 5.66. The van der Waals surface area contributed by atoms with Crippen LogP contribution in [0.5, 0.6) is 0 Å². The number of nitrogens with zero attached hydrogens (tertiary/aromatic N) is 2. The van der Waals surface area contributed by atoms with Crippen molar-refractivity contribution in [2.45, 2.75) is 32.6 Å². The zero-order valence-corrected chi connectivity index (χ0v) is 12.2. The van der Waals surface area contributed by atoms with Gasteiger partial charge in [-0.2, -0.15) is 0 Å². The molecule has 2 aromatic rings. The quantitative estimate of drug-likeness (QED) is 0.870. The van der Waals surface area contributed by atoms with Crippen LogP contribution in [0.1, 0.15) is 37.4 Å². The monoisotopic (exact) mass is 283 g/mol. The minimum absolute atomic E-state index is 0.237. The Morgan fingerprint density at radius 2 is 1.90 bits per heavy atom. The first-order valence-electron chi connectivity index (χ1n) is 7.39. The van der Waals surface area contributed by atoms with Gasteiger partial charge in [0, 0.05) is 17.0 Å². The zero-order valence-electron chi connectivity index (χ0n) is 12.2. The summed E-state index contributed by atoms with van der Waals surface area (Å²) in [5.41, 5.74) is 10.3. The van der Waals surface area contributed by atoms with Crippen molar-refractivity contribution in [1.82, 2.24) is 9.97 Å². The number of rotatable bonds is 1. The lowest BCUT2D eigenvalue weighted by molar-refractivity contribution is 0.0156. The van der Waals surface area contributed by atoms with Gasteiger partial charge in [-0.15, -0.1) is 0 Å².